The van der Waals surface area contributed by atoms with Gasteiger partial charge < -0.3 is 10.6 Å². The van der Waals surface area contributed by atoms with E-state index in [4.69, 9.17) is 5.73 Å². The first-order chi connectivity index (χ1) is 5.81. The number of hydrogen-bond donors (Lipinski definition) is 1. The second-order valence-corrected chi connectivity index (χ2v) is 3.23. The average Bonchev–Trinajstić information content (AvgIpc) is 2.05. The number of hydrogen-bond acceptors (Lipinski definition) is 2. The van der Waals surface area contributed by atoms with E-state index in [-0.39, 0.29) is 0 Å². The Balaban J connectivity index is 3.02. The number of rotatable bonds is 8. The highest BCUT2D eigenvalue weighted by atomic mass is 15.1. The summed E-state index contributed by atoms with van der Waals surface area (Å²) in [5, 5.41) is 0. The highest BCUT2D eigenvalue weighted by Gasteiger charge is 1.94. The van der Waals surface area contributed by atoms with Gasteiger partial charge in [-0.25, -0.2) is 0 Å². The van der Waals surface area contributed by atoms with Gasteiger partial charge in [-0.2, -0.15) is 0 Å². The van der Waals surface area contributed by atoms with Gasteiger partial charge in [0.15, 0.2) is 0 Å². The minimum atomic E-state index is 0.767. The molecule has 0 radical (unpaired) electrons. The van der Waals surface area contributed by atoms with Crippen molar-refractivity contribution in [1.29, 1.82) is 0 Å². The van der Waals surface area contributed by atoms with E-state index < -0.39 is 0 Å². The van der Waals surface area contributed by atoms with E-state index in [2.05, 4.69) is 18.5 Å². The second kappa shape index (κ2) is 8.75. The van der Waals surface area contributed by atoms with Crippen molar-refractivity contribution in [1.82, 2.24) is 4.90 Å². The molecule has 0 aromatic rings. The van der Waals surface area contributed by atoms with Crippen LogP contribution in [0, 0.1) is 0 Å². The molecular weight excluding hydrogens is 148 g/mol. The molecule has 0 amide bonds. The first-order valence-corrected chi connectivity index (χ1v) is 4.80. The third kappa shape index (κ3) is 7.76. The Morgan fingerprint density at radius 3 is 2.58 bits per heavy atom. The highest BCUT2D eigenvalue weighted by molar-refractivity contribution is 4.65. The molecule has 0 aliphatic rings. The monoisotopic (exact) mass is 170 g/mol. The molecule has 2 N–H and O–H groups in total. The third-order valence-electron chi connectivity index (χ3n) is 1.96. The van der Waals surface area contributed by atoms with Gasteiger partial charge in [0.2, 0.25) is 0 Å². The topological polar surface area (TPSA) is 29.3 Å². The van der Waals surface area contributed by atoms with Crippen LogP contribution in [0.25, 0.3) is 0 Å². The molecule has 0 aliphatic carbocycles. The molecule has 0 heterocycles. The minimum absolute atomic E-state index is 0.767. The molecule has 2 heteroatoms. The Morgan fingerprint density at radius 2 is 2.00 bits per heavy atom. The fourth-order valence-electron chi connectivity index (χ4n) is 1.18. The number of likely N-dealkylation sites (N-methyl/N-ethyl adjacent to an activating group) is 1. The number of allylic oxidation sites excluding steroid dienone is 1. The number of nitrogens with zero attached hydrogens (tertiary/aromatic N) is 1. The molecule has 0 atom stereocenters. The first-order valence-electron chi connectivity index (χ1n) is 4.80. The smallest absolute Gasteiger partial charge is 0.0102 e. The van der Waals surface area contributed by atoms with Crippen molar-refractivity contribution < 1.29 is 0 Å². The predicted octanol–water partition coefficient (Wildman–Crippen LogP) is 1.62. The summed E-state index contributed by atoms with van der Waals surface area (Å²) in [6, 6.07) is 0. The average molecular weight is 170 g/mol. The van der Waals surface area contributed by atoms with Crippen LogP contribution >= 0.6 is 0 Å². The summed E-state index contributed by atoms with van der Waals surface area (Å²) in [7, 11) is 2.13. The summed E-state index contributed by atoms with van der Waals surface area (Å²) in [6.07, 6.45) is 7.01. The molecular formula is C10H22N2. The van der Waals surface area contributed by atoms with Gasteiger partial charge in [0, 0.05) is 13.1 Å². The summed E-state index contributed by atoms with van der Waals surface area (Å²) in [4.78, 5) is 2.29. The highest BCUT2D eigenvalue weighted by Crippen LogP contribution is 2.00. The van der Waals surface area contributed by atoms with Crippen molar-refractivity contribution >= 4 is 0 Å². The molecule has 0 spiro atoms. The van der Waals surface area contributed by atoms with Gasteiger partial charge in [0.05, 0.1) is 0 Å². The maximum atomic E-state index is 5.43. The lowest BCUT2D eigenvalue weighted by Crippen LogP contribution is -2.26. The van der Waals surface area contributed by atoms with Crippen LogP contribution in [0.15, 0.2) is 12.7 Å². The Kier molecular flexibility index (Phi) is 8.51. The summed E-state index contributed by atoms with van der Waals surface area (Å²) in [6.45, 7) is 6.65. The molecule has 0 bridgehead atoms. The molecule has 0 fully saturated rings. The fraction of sp³-hybridized carbons (Fsp3) is 0.800. The molecule has 2 nitrogen and oxygen atoms in total. The Labute approximate surface area is 76.4 Å². The van der Waals surface area contributed by atoms with E-state index in [0.29, 0.717) is 0 Å². The molecule has 0 rings (SSSR count). The fourth-order valence-corrected chi connectivity index (χ4v) is 1.18. The molecule has 0 unspecified atom stereocenters. The van der Waals surface area contributed by atoms with Crippen LogP contribution in [0.3, 0.4) is 0 Å². The van der Waals surface area contributed by atoms with Gasteiger partial charge in [0.1, 0.15) is 0 Å². The molecule has 0 aromatic heterocycles. The molecule has 0 saturated heterocycles. The van der Waals surface area contributed by atoms with Crippen molar-refractivity contribution in [3.63, 3.8) is 0 Å². The molecule has 0 aromatic carbocycles. The van der Waals surface area contributed by atoms with Crippen LogP contribution in [-0.4, -0.2) is 31.6 Å². The molecule has 72 valence electrons. The largest absolute Gasteiger partial charge is 0.329 e. The van der Waals surface area contributed by atoms with E-state index in [9.17, 15) is 0 Å². The van der Waals surface area contributed by atoms with E-state index in [0.717, 1.165) is 19.5 Å². The van der Waals surface area contributed by atoms with Crippen molar-refractivity contribution in [2.24, 2.45) is 5.73 Å². The minimum Gasteiger partial charge on any atom is -0.329 e. The molecule has 0 aliphatic heterocycles. The zero-order valence-electron chi connectivity index (χ0n) is 8.26. The lowest BCUT2D eigenvalue weighted by atomic mass is 10.2. The van der Waals surface area contributed by atoms with Gasteiger partial charge in [-0.3, -0.25) is 0 Å². The van der Waals surface area contributed by atoms with E-state index >= 15 is 0 Å². The Hall–Kier alpha value is -0.340. The maximum Gasteiger partial charge on any atom is 0.0102 e. The summed E-state index contributed by atoms with van der Waals surface area (Å²) < 4.78 is 0. The lowest BCUT2D eigenvalue weighted by molar-refractivity contribution is 0.333. The normalized spacial score (nSPS) is 10.6. The summed E-state index contributed by atoms with van der Waals surface area (Å²) in [5.41, 5.74) is 5.43. The number of unbranched alkanes of at least 4 members (excludes halogenated alkanes) is 3. The summed E-state index contributed by atoms with van der Waals surface area (Å²) >= 11 is 0. The van der Waals surface area contributed by atoms with Crippen molar-refractivity contribution in [2.75, 3.05) is 26.7 Å². The van der Waals surface area contributed by atoms with Crippen LogP contribution in [-0.2, 0) is 0 Å². The quantitative estimate of drug-likeness (QED) is 0.443. The summed E-state index contributed by atoms with van der Waals surface area (Å²) in [5.74, 6) is 0. The van der Waals surface area contributed by atoms with Crippen molar-refractivity contribution in [2.45, 2.75) is 25.7 Å². The first kappa shape index (κ1) is 11.7. The number of nitrogens with two attached hydrogens (primary N) is 1. The van der Waals surface area contributed by atoms with Gasteiger partial charge in [-0.05, 0) is 32.9 Å². The van der Waals surface area contributed by atoms with Gasteiger partial charge in [-0.15, -0.1) is 6.58 Å². The van der Waals surface area contributed by atoms with Gasteiger partial charge in [0.25, 0.3) is 0 Å². The predicted molar refractivity (Wildman–Crippen MR) is 55.2 cm³/mol. The van der Waals surface area contributed by atoms with E-state index in [1.807, 2.05) is 6.08 Å². The van der Waals surface area contributed by atoms with E-state index in [1.54, 1.807) is 0 Å². The van der Waals surface area contributed by atoms with Crippen molar-refractivity contribution in [3.8, 4) is 0 Å². The van der Waals surface area contributed by atoms with Crippen LogP contribution in [0.5, 0.6) is 0 Å². The van der Waals surface area contributed by atoms with Gasteiger partial charge in [-0.1, -0.05) is 12.5 Å². The van der Waals surface area contributed by atoms with Crippen LogP contribution in [0.1, 0.15) is 25.7 Å². The Bertz CT molecular complexity index is 102. The zero-order valence-corrected chi connectivity index (χ0v) is 8.26. The zero-order chi connectivity index (χ0) is 9.23. The molecule has 12 heavy (non-hydrogen) atoms. The van der Waals surface area contributed by atoms with Crippen LogP contribution in [0.2, 0.25) is 0 Å². The standard InChI is InChI=1S/C10H22N2/c1-3-4-5-6-7-9-12(2)10-8-11/h3H,1,4-11H2,2H3. The Morgan fingerprint density at radius 1 is 1.25 bits per heavy atom. The maximum absolute atomic E-state index is 5.43. The second-order valence-electron chi connectivity index (χ2n) is 3.23. The third-order valence-corrected chi connectivity index (χ3v) is 1.96. The SMILES string of the molecule is C=CCCCCCN(C)CCN. The van der Waals surface area contributed by atoms with Crippen molar-refractivity contribution in [3.05, 3.63) is 12.7 Å². The van der Waals surface area contributed by atoms with Crippen LogP contribution in [0.4, 0.5) is 0 Å². The molecule has 0 saturated carbocycles. The lowest BCUT2D eigenvalue weighted by Gasteiger charge is -2.14. The van der Waals surface area contributed by atoms with Gasteiger partial charge >= 0.3 is 0 Å². The van der Waals surface area contributed by atoms with E-state index in [1.165, 1.54) is 25.8 Å². The van der Waals surface area contributed by atoms with Crippen LogP contribution < -0.4 is 5.73 Å².